The number of imidazole rings is 1. The van der Waals surface area contributed by atoms with Crippen LogP contribution in [0.1, 0.15) is 25.2 Å². The first-order valence-corrected chi connectivity index (χ1v) is 5.97. The van der Waals surface area contributed by atoms with Crippen molar-refractivity contribution in [1.82, 2.24) is 9.55 Å². The highest BCUT2D eigenvalue weighted by molar-refractivity contribution is 5.76. The molecule has 0 fully saturated rings. The van der Waals surface area contributed by atoms with Crippen LogP contribution in [0.5, 0.6) is 0 Å². The van der Waals surface area contributed by atoms with Crippen LogP contribution in [0.2, 0.25) is 0 Å². The maximum atomic E-state index is 6.09. The highest BCUT2D eigenvalue weighted by Gasteiger charge is 2.15. The SMILES string of the molecule is CCCn1c(C(N)COC)nc2ccccc21. The van der Waals surface area contributed by atoms with Crippen molar-refractivity contribution in [3.63, 3.8) is 0 Å². The maximum absolute atomic E-state index is 6.09. The van der Waals surface area contributed by atoms with Gasteiger partial charge in [-0.15, -0.1) is 0 Å². The quantitative estimate of drug-likeness (QED) is 0.860. The van der Waals surface area contributed by atoms with E-state index < -0.39 is 0 Å². The molecular weight excluding hydrogens is 214 g/mol. The Balaban J connectivity index is 2.49. The van der Waals surface area contributed by atoms with E-state index in [0.717, 1.165) is 29.8 Å². The first-order valence-electron chi connectivity index (χ1n) is 5.97. The van der Waals surface area contributed by atoms with E-state index >= 15 is 0 Å². The van der Waals surface area contributed by atoms with Gasteiger partial charge in [0.1, 0.15) is 5.82 Å². The number of benzene rings is 1. The van der Waals surface area contributed by atoms with E-state index in [9.17, 15) is 0 Å². The van der Waals surface area contributed by atoms with E-state index in [1.807, 2.05) is 18.2 Å². The molecule has 0 bridgehead atoms. The third-order valence-electron chi connectivity index (χ3n) is 2.81. The lowest BCUT2D eigenvalue weighted by Gasteiger charge is -2.13. The molecule has 2 N–H and O–H groups in total. The van der Waals surface area contributed by atoms with Gasteiger partial charge in [-0.05, 0) is 18.6 Å². The number of hydrogen-bond acceptors (Lipinski definition) is 3. The second kappa shape index (κ2) is 5.29. The standard InChI is InChI=1S/C13H19N3O/c1-3-8-16-12-7-5-4-6-11(12)15-13(16)10(14)9-17-2/h4-7,10H,3,8-9,14H2,1-2H3. The van der Waals surface area contributed by atoms with Crippen LogP contribution >= 0.6 is 0 Å². The number of aryl methyl sites for hydroxylation is 1. The minimum absolute atomic E-state index is 0.168. The monoisotopic (exact) mass is 233 g/mol. The molecule has 0 spiro atoms. The van der Waals surface area contributed by atoms with Gasteiger partial charge in [-0.1, -0.05) is 19.1 Å². The minimum Gasteiger partial charge on any atom is -0.383 e. The smallest absolute Gasteiger partial charge is 0.129 e. The van der Waals surface area contributed by atoms with Crippen molar-refractivity contribution in [1.29, 1.82) is 0 Å². The van der Waals surface area contributed by atoms with Crippen LogP contribution in [0.15, 0.2) is 24.3 Å². The van der Waals surface area contributed by atoms with Crippen molar-refractivity contribution in [3.8, 4) is 0 Å². The fourth-order valence-electron chi connectivity index (χ4n) is 2.09. The fourth-order valence-corrected chi connectivity index (χ4v) is 2.09. The van der Waals surface area contributed by atoms with E-state index in [4.69, 9.17) is 10.5 Å². The molecule has 1 atom stereocenters. The average Bonchev–Trinajstić information content (AvgIpc) is 2.70. The Morgan fingerprint density at radius 2 is 2.18 bits per heavy atom. The summed E-state index contributed by atoms with van der Waals surface area (Å²) in [7, 11) is 1.66. The summed E-state index contributed by atoms with van der Waals surface area (Å²) in [6.45, 7) is 3.58. The number of para-hydroxylation sites is 2. The fraction of sp³-hybridized carbons (Fsp3) is 0.462. The Bertz CT molecular complexity index is 492. The van der Waals surface area contributed by atoms with Gasteiger partial charge in [0.25, 0.3) is 0 Å². The van der Waals surface area contributed by atoms with Crippen molar-refractivity contribution in [2.45, 2.75) is 25.9 Å². The highest BCUT2D eigenvalue weighted by Crippen LogP contribution is 2.20. The number of ether oxygens (including phenoxy) is 1. The van der Waals surface area contributed by atoms with Crippen molar-refractivity contribution in [2.24, 2.45) is 5.73 Å². The molecule has 2 rings (SSSR count). The number of methoxy groups -OCH3 is 1. The molecule has 1 aromatic carbocycles. The molecule has 0 radical (unpaired) electrons. The molecule has 0 amide bonds. The zero-order valence-electron chi connectivity index (χ0n) is 10.4. The lowest BCUT2D eigenvalue weighted by molar-refractivity contribution is 0.177. The first-order chi connectivity index (χ1) is 8.27. The molecule has 2 aromatic rings. The summed E-state index contributed by atoms with van der Waals surface area (Å²) >= 11 is 0. The summed E-state index contributed by atoms with van der Waals surface area (Å²) in [5.74, 6) is 0.912. The van der Waals surface area contributed by atoms with Crippen LogP contribution in [0, 0.1) is 0 Å². The molecule has 4 heteroatoms. The summed E-state index contributed by atoms with van der Waals surface area (Å²) in [6.07, 6.45) is 1.06. The second-order valence-electron chi connectivity index (χ2n) is 4.17. The van der Waals surface area contributed by atoms with E-state index in [1.54, 1.807) is 7.11 Å². The largest absolute Gasteiger partial charge is 0.383 e. The van der Waals surface area contributed by atoms with Crippen LogP contribution in [0.3, 0.4) is 0 Å². The molecule has 17 heavy (non-hydrogen) atoms. The van der Waals surface area contributed by atoms with Crippen LogP contribution in [-0.4, -0.2) is 23.3 Å². The highest BCUT2D eigenvalue weighted by atomic mass is 16.5. The number of nitrogens with zero attached hydrogens (tertiary/aromatic N) is 2. The summed E-state index contributed by atoms with van der Waals surface area (Å²) in [6, 6.07) is 7.96. The first kappa shape index (κ1) is 12.1. The van der Waals surface area contributed by atoms with Crippen LogP contribution in [0.4, 0.5) is 0 Å². The number of rotatable bonds is 5. The molecule has 0 saturated carbocycles. The Morgan fingerprint density at radius 1 is 1.41 bits per heavy atom. The van der Waals surface area contributed by atoms with Gasteiger partial charge in [-0.3, -0.25) is 0 Å². The van der Waals surface area contributed by atoms with Crippen molar-refractivity contribution in [3.05, 3.63) is 30.1 Å². The van der Waals surface area contributed by atoms with Crippen molar-refractivity contribution >= 4 is 11.0 Å². The number of aromatic nitrogens is 2. The minimum atomic E-state index is -0.168. The molecule has 1 heterocycles. The summed E-state index contributed by atoms with van der Waals surface area (Å²) in [5.41, 5.74) is 8.24. The molecule has 0 aliphatic rings. The van der Waals surface area contributed by atoms with Gasteiger partial charge in [-0.2, -0.15) is 0 Å². The Morgan fingerprint density at radius 3 is 2.88 bits per heavy atom. The summed E-state index contributed by atoms with van der Waals surface area (Å²) in [5, 5.41) is 0. The van der Waals surface area contributed by atoms with Gasteiger partial charge < -0.3 is 15.0 Å². The molecule has 92 valence electrons. The topological polar surface area (TPSA) is 53.1 Å². The Kier molecular flexibility index (Phi) is 3.76. The number of fused-ring (bicyclic) bond motifs is 1. The average molecular weight is 233 g/mol. The van der Waals surface area contributed by atoms with Crippen LogP contribution < -0.4 is 5.73 Å². The third-order valence-corrected chi connectivity index (χ3v) is 2.81. The van der Waals surface area contributed by atoms with Gasteiger partial charge in [0.15, 0.2) is 0 Å². The van der Waals surface area contributed by atoms with E-state index in [-0.39, 0.29) is 6.04 Å². The van der Waals surface area contributed by atoms with Crippen LogP contribution in [-0.2, 0) is 11.3 Å². The molecule has 0 aliphatic heterocycles. The van der Waals surface area contributed by atoms with Crippen molar-refractivity contribution < 1.29 is 4.74 Å². The molecular formula is C13H19N3O. The predicted molar refractivity (Wildman–Crippen MR) is 68.8 cm³/mol. The Hall–Kier alpha value is -1.39. The molecule has 0 aliphatic carbocycles. The van der Waals surface area contributed by atoms with Crippen molar-refractivity contribution in [2.75, 3.05) is 13.7 Å². The second-order valence-corrected chi connectivity index (χ2v) is 4.17. The van der Waals surface area contributed by atoms with E-state index in [0.29, 0.717) is 6.61 Å². The van der Waals surface area contributed by atoms with E-state index in [1.165, 1.54) is 0 Å². The van der Waals surface area contributed by atoms with Gasteiger partial charge >= 0.3 is 0 Å². The molecule has 1 aromatic heterocycles. The number of hydrogen-bond donors (Lipinski definition) is 1. The third kappa shape index (κ3) is 2.33. The summed E-state index contributed by atoms with van der Waals surface area (Å²) < 4.78 is 7.30. The zero-order chi connectivity index (χ0) is 12.3. The molecule has 4 nitrogen and oxygen atoms in total. The lowest BCUT2D eigenvalue weighted by atomic mass is 10.3. The zero-order valence-corrected chi connectivity index (χ0v) is 10.4. The Labute approximate surface area is 101 Å². The van der Waals surface area contributed by atoms with Gasteiger partial charge in [0.2, 0.25) is 0 Å². The summed E-state index contributed by atoms with van der Waals surface area (Å²) in [4.78, 5) is 4.61. The van der Waals surface area contributed by atoms with E-state index in [2.05, 4.69) is 22.5 Å². The number of nitrogens with two attached hydrogens (primary N) is 1. The normalized spacial score (nSPS) is 13.1. The molecule has 1 unspecified atom stereocenters. The lowest BCUT2D eigenvalue weighted by Crippen LogP contribution is -2.21. The van der Waals surface area contributed by atoms with Gasteiger partial charge in [-0.25, -0.2) is 4.98 Å². The van der Waals surface area contributed by atoms with Gasteiger partial charge in [0, 0.05) is 13.7 Å². The maximum Gasteiger partial charge on any atom is 0.129 e. The van der Waals surface area contributed by atoms with Gasteiger partial charge in [0.05, 0.1) is 23.7 Å². The molecule has 0 saturated heterocycles. The predicted octanol–water partition coefficient (Wildman–Crippen LogP) is 2.09. The van der Waals surface area contributed by atoms with Crippen LogP contribution in [0.25, 0.3) is 11.0 Å².